The first-order chi connectivity index (χ1) is 5.90. The highest BCUT2D eigenvalue weighted by Gasteiger charge is 2.31. The summed E-state index contributed by atoms with van der Waals surface area (Å²) in [5, 5.41) is 9.78. The van der Waals surface area contributed by atoms with Gasteiger partial charge in [0.25, 0.3) is 5.92 Å². The van der Waals surface area contributed by atoms with E-state index in [1.165, 1.54) is 6.92 Å². The van der Waals surface area contributed by atoms with Crippen molar-refractivity contribution in [1.29, 1.82) is 0 Å². The minimum Gasteiger partial charge on any atom is -0.544 e. The van der Waals surface area contributed by atoms with Gasteiger partial charge < -0.3 is 14.6 Å². The molecule has 0 aliphatic carbocycles. The molecule has 0 heterocycles. The third-order valence-electron chi connectivity index (χ3n) is 1.25. The quantitative estimate of drug-likeness (QED) is 0.565. The summed E-state index contributed by atoms with van der Waals surface area (Å²) < 4.78 is 28.9. The van der Waals surface area contributed by atoms with Crippen LogP contribution in [0.3, 0.4) is 0 Å². The second-order valence-corrected chi connectivity index (χ2v) is 2.30. The molecule has 0 N–H and O–H groups in total. The van der Waals surface area contributed by atoms with Crippen LogP contribution >= 0.6 is 0 Å². The lowest BCUT2D eigenvalue weighted by atomic mass is 10.2. The molecule has 0 unspecified atom stereocenters. The van der Waals surface area contributed by atoms with Gasteiger partial charge in [-0.3, -0.25) is 4.79 Å². The van der Waals surface area contributed by atoms with E-state index in [1.807, 2.05) is 0 Å². The van der Waals surface area contributed by atoms with Crippen LogP contribution in [0.4, 0.5) is 8.78 Å². The zero-order valence-corrected chi connectivity index (χ0v) is 7.01. The number of carboxylic acid groups (broad SMARTS) is 1. The Hall–Kier alpha value is -1.20. The average molecular weight is 195 g/mol. The zero-order valence-electron chi connectivity index (χ0n) is 7.01. The number of esters is 1. The maximum absolute atomic E-state index is 12.3. The van der Waals surface area contributed by atoms with Gasteiger partial charge in [-0.2, -0.15) is 8.78 Å². The summed E-state index contributed by atoms with van der Waals surface area (Å²) in [5.74, 6) is -7.28. The molecule has 6 heteroatoms. The van der Waals surface area contributed by atoms with Crippen LogP contribution in [0.1, 0.15) is 19.8 Å². The smallest absolute Gasteiger partial charge is 0.306 e. The van der Waals surface area contributed by atoms with Crippen LogP contribution < -0.4 is 5.11 Å². The summed E-state index contributed by atoms with van der Waals surface area (Å²) in [4.78, 5) is 20.3. The topological polar surface area (TPSA) is 66.4 Å². The zero-order chi connectivity index (χ0) is 10.5. The van der Waals surface area contributed by atoms with E-state index in [1.54, 1.807) is 0 Å². The molecule has 0 amide bonds. The number of carboxylic acids is 1. The van der Waals surface area contributed by atoms with E-state index in [9.17, 15) is 23.5 Å². The maximum Gasteiger partial charge on any atom is 0.306 e. The van der Waals surface area contributed by atoms with Gasteiger partial charge in [-0.1, -0.05) is 0 Å². The minimum absolute atomic E-state index is 0.0791. The summed E-state index contributed by atoms with van der Waals surface area (Å²) in [5.41, 5.74) is 0. The van der Waals surface area contributed by atoms with Crippen LogP contribution in [-0.2, 0) is 14.3 Å². The Morgan fingerprint density at radius 1 is 1.46 bits per heavy atom. The molecular weight excluding hydrogens is 186 g/mol. The van der Waals surface area contributed by atoms with Crippen molar-refractivity contribution in [3.05, 3.63) is 0 Å². The van der Waals surface area contributed by atoms with Gasteiger partial charge in [0.1, 0.15) is 5.97 Å². The van der Waals surface area contributed by atoms with E-state index in [0.29, 0.717) is 0 Å². The molecule has 0 fully saturated rings. The molecule has 0 spiro atoms. The van der Waals surface area contributed by atoms with Crippen molar-refractivity contribution in [2.75, 3.05) is 6.61 Å². The lowest BCUT2D eigenvalue weighted by molar-refractivity contribution is -0.329. The highest BCUT2D eigenvalue weighted by atomic mass is 19.3. The van der Waals surface area contributed by atoms with E-state index in [2.05, 4.69) is 4.74 Å². The Morgan fingerprint density at radius 3 is 2.38 bits per heavy atom. The van der Waals surface area contributed by atoms with Gasteiger partial charge in [0.05, 0.1) is 13.0 Å². The van der Waals surface area contributed by atoms with Crippen LogP contribution in [0.2, 0.25) is 0 Å². The summed E-state index contributed by atoms with van der Waals surface area (Å²) in [6.07, 6.45) is -1.72. The predicted octanol–water partition coefficient (Wildman–Crippen LogP) is -0.285. The third kappa shape index (κ3) is 4.39. The molecule has 76 valence electrons. The van der Waals surface area contributed by atoms with Gasteiger partial charge in [-0.15, -0.1) is 0 Å². The Bertz CT molecular complexity index is 203. The van der Waals surface area contributed by atoms with Crippen molar-refractivity contribution in [2.24, 2.45) is 0 Å². The SMILES string of the molecule is CCOC(=O)CCC(F)(F)C(=O)[O-]. The number of carbonyl (C=O) groups excluding carboxylic acids is 2. The molecule has 0 aromatic carbocycles. The number of carbonyl (C=O) groups is 2. The lowest BCUT2D eigenvalue weighted by Crippen LogP contribution is -2.41. The number of alkyl halides is 2. The molecule has 0 aliphatic heterocycles. The second kappa shape index (κ2) is 4.74. The van der Waals surface area contributed by atoms with Crippen LogP contribution in [0.15, 0.2) is 0 Å². The number of rotatable bonds is 5. The highest BCUT2D eigenvalue weighted by Crippen LogP contribution is 2.19. The largest absolute Gasteiger partial charge is 0.544 e. The van der Waals surface area contributed by atoms with Crippen molar-refractivity contribution in [3.63, 3.8) is 0 Å². The normalized spacial score (nSPS) is 11.0. The third-order valence-corrected chi connectivity index (χ3v) is 1.25. The van der Waals surface area contributed by atoms with Crippen LogP contribution in [0.25, 0.3) is 0 Å². The number of aliphatic carboxylic acids is 1. The summed E-state index contributed by atoms with van der Waals surface area (Å²) in [6.45, 7) is 1.60. The number of hydrogen-bond donors (Lipinski definition) is 0. The highest BCUT2D eigenvalue weighted by molar-refractivity contribution is 5.75. The van der Waals surface area contributed by atoms with E-state index in [4.69, 9.17) is 0 Å². The van der Waals surface area contributed by atoms with Gasteiger partial charge in [0, 0.05) is 6.42 Å². The monoisotopic (exact) mass is 195 g/mol. The molecular formula is C7H9F2O4-. The van der Waals surface area contributed by atoms with Crippen molar-refractivity contribution in [2.45, 2.75) is 25.7 Å². The molecule has 4 nitrogen and oxygen atoms in total. The molecule has 0 aliphatic rings. The average Bonchev–Trinajstić information content (AvgIpc) is 2.01. The van der Waals surface area contributed by atoms with Crippen molar-refractivity contribution < 1.29 is 28.2 Å². The molecule has 0 aromatic heterocycles. The van der Waals surface area contributed by atoms with Crippen molar-refractivity contribution in [3.8, 4) is 0 Å². The molecule has 13 heavy (non-hydrogen) atoms. The first-order valence-electron chi connectivity index (χ1n) is 3.65. The Morgan fingerprint density at radius 2 is 2.00 bits per heavy atom. The van der Waals surface area contributed by atoms with E-state index in [-0.39, 0.29) is 6.61 Å². The minimum atomic E-state index is -3.97. The van der Waals surface area contributed by atoms with Gasteiger partial charge in [0.15, 0.2) is 0 Å². The lowest BCUT2D eigenvalue weighted by Gasteiger charge is -2.15. The summed E-state index contributed by atoms with van der Waals surface area (Å²) in [7, 11) is 0. The fourth-order valence-corrected chi connectivity index (χ4v) is 0.594. The fraction of sp³-hybridized carbons (Fsp3) is 0.714. The van der Waals surface area contributed by atoms with E-state index in [0.717, 1.165) is 0 Å². The van der Waals surface area contributed by atoms with Crippen LogP contribution in [0.5, 0.6) is 0 Å². The molecule has 0 radical (unpaired) electrons. The second-order valence-electron chi connectivity index (χ2n) is 2.30. The molecule has 0 saturated carbocycles. The molecule has 0 bridgehead atoms. The van der Waals surface area contributed by atoms with Gasteiger partial charge >= 0.3 is 5.97 Å². The van der Waals surface area contributed by atoms with Gasteiger partial charge in [-0.05, 0) is 6.92 Å². The Balaban J connectivity index is 3.88. The molecule has 0 atom stereocenters. The predicted molar refractivity (Wildman–Crippen MR) is 35.8 cm³/mol. The first kappa shape index (κ1) is 11.8. The van der Waals surface area contributed by atoms with Crippen molar-refractivity contribution in [1.82, 2.24) is 0 Å². The molecule has 0 aromatic rings. The number of ether oxygens (including phenoxy) is 1. The van der Waals surface area contributed by atoms with E-state index >= 15 is 0 Å². The standard InChI is InChI=1S/C7H10F2O4/c1-2-13-5(10)3-4-7(8,9)6(11)12/h2-4H2,1H3,(H,11,12)/p-1. The van der Waals surface area contributed by atoms with Crippen LogP contribution in [0, 0.1) is 0 Å². The van der Waals surface area contributed by atoms with Crippen molar-refractivity contribution >= 4 is 11.9 Å². The Kier molecular flexibility index (Phi) is 4.30. The van der Waals surface area contributed by atoms with Crippen LogP contribution in [-0.4, -0.2) is 24.5 Å². The number of hydrogen-bond acceptors (Lipinski definition) is 4. The van der Waals surface area contributed by atoms with Gasteiger partial charge in [0.2, 0.25) is 0 Å². The summed E-state index contributed by atoms with van der Waals surface area (Å²) in [6, 6.07) is 0. The van der Waals surface area contributed by atoms with E-state index < -0.39 is 30.7 Å². The number of halogens is 2. The molecule has 0 saturated heterocycles. The summed E-state index contributed by atoms with van der Waals surface area (Å²) >= 11 is 0. The molecule has 0 rings (SSSR count). The Labute approximate surface area is 73.5 Å². The van der Waals surface area contributed by atoms with Gasteiger partial charge in [-0.25, -0.2) is 0 Å². The first-order valence-corrected chi connectivity index (χ1v) is 3.65. The fourth-order valence-electron chi connectivity index (χ4n) is 0.594. The maximum atomic E-state index is 12.3.